The van der Waals surface area contributed by atoms with Crippen LogP contribution in [-0.2, 0) is 0 Å². The van der Waals surface area contributed by atoms with E-state index in [4.69, 9.17) is 16.3 Å². The van der Waals surface area contributed by atoms with Crippen LogP contribution in [0.4, 0.5) is 0 Å². The van der Waals surface area contributed by atoms with Crippen molar-refractivity contribution in [2.24, 2.45) is 0 Å². The second kappa shape index (κ2) is 6.50. The van der Waals surface area contributed by atoms with Gasteiger partial charge in [0.15, 0.2) is 0 Å². The van der Waals surface area contributed by atoms with Gasteiger partial charge in [0.1, 0.15) is 11.5 Å². The SMILES string of the molecule is Cc1cc(Oc2ccc(C(C)O)c(Cl)c2)ccc1C(C)C. The van der Waals surface area contributed by atoms with Crippen LogP contribution < -0.4 is 4.74 Å². The summed E-state index contributed by atoms with van der Waals surface area (Å²) < 4.78 is 5.84. The first-order chi connectivity index (χ1) is 9.88. The Balaban J connectivity index is 2.22. The van der Waals surface area contributed by atoms with Crippen molar-refractivity contribution in [1.29, 1.82) is 0 Å². The Morgan fingerprint density at radius 3 is 2.00 bits per heavy atom. The molecule has 0 spiro atoms. The van der Waals surface area contributed by atoms with Crippen LogP contribution in [0.25, 0.3) is 0 Å². The fraction of sp³-hybridized carbons (Fsp3) is 0.333. The average molecular weight is 305 g/mol. The lowest BCUT2D eigenvalue weighted by atomic mass is 9.98. The number of aryl methyl sites for hydroxylation is 1. The first-order valence-electron chi connectivity index (χ1n) is 7.14. The molecular formula is C18H21ClO2. The van der Waals surface area contributed by atoms with Crippen molar-refractivity contribution in [3.63, 3.8) is 0 Å². The maximum absolute atomic E-state index is 9.58. The summed E-state index contributed by atoms with van der Waals surface area (Å²) in [4.78, 5) is 0. The van der Waals surface area contributed by atoms with Gasteiger partial charge in [-0.2, -0.15) is 0 Å². The van der Waals surface area contributed by atoms with Gasteiger partial charge in [0.05, 0.1) is 11.1 Å². The fourth-order valence-corrected chi connectivity index (χ4v) is 2.73. The zero-order valence-corrected chi connectivity index (χ0v) is 13.6. The second-order valence-electron chi connectivity index (χ2n) is 5.63. The Morgan fingerprint density at radius 1 is 0.952 bits per heavy atom. The number of hydrogen-bond acceptors (Lipinski definition) is 2. The summed E-state index contributed by atoms with van der Waals surface area (Å²) in [7, 11) is 0. The number of benzene rings is 2. The molecule has 2 aromatic carbocycles. The molecule has 0 bridgehead atoms. The molecule has 1 atom stereocenters. The van der Waals surface area contributed by atoms with E-state index in [9.17, 15) is 5.11 Å². The van der Waals surface area contributed by atoms with Gasteiger partial charge < -0.3 is 9.84 Å². The molecule has 0 aliphatic carbocycles. The van der Waals surface area contributed by atoms with Gasteiger partial charge in [-0.3, -0.25) is 0 Å². The Morgan fingerprint density at radius 2 is 1.52 bits per heavy atom. The average Bonchev–Trinajstić information content (AvgIpc) is 2.37. The molecule has 0 aromatic heterocycles. The molecule has 0 aliphatic heterocycles. The lowest BCUT2D eigenvalue weighted by Crippen LogP contribution is -1.94. The predicted molar refractivity (Wildman–Crippen MR) is 87.4 cm³/mol. The number of hydrogen-bond donors (Lipinski definition) is 1. The topological polar surface area (TPSA) is 29.5 Å². The summed E-state index contributed by atoms with van der Waals surface area (Å²) in [6.07, 6.45) is -0.584. The first kappa shape index (κ1) is 15.9. The van der Waals surface area contributed by atoms with Gasteiger partial charge in [-0.25, -0.2) is 0 Å². The number of aliphatic hydroxyl groups is 1. The van der Waals surface area contributed by atoms with Crippen molar-refractivity contribution in [3.8, 4) is 11.5 Å². The third-order valence-corrected chi connectivity index (χ3v) is 3.85. The lowest BCUT2D eigenvalue weighted by molar-refractivity contribution is 0.199. The molecule has 2 nitrogen and oxygen atoms in total. The minimum Gasteiger partial charge on any atom is -0.457 e. The highest BCUT2D eigenvalue weighted by Crippen LogP contribution is 2.31. The Kier molecular flexibility index (Phi) is 4.92. The quantitative estimate of drug-likeness (QED) is 0.794. The molecule has 3 heteroatoms. The monoisotopic (exact) mass is 304 g/mol. The first-order valence-corrected chi connectivity index (χ1v) is 7.52. The lowest BCUT2D eigenvalue weighted by Gasteiger charge is -2.13. The van der Waals surface area contributed by atoms with E-state index in [0.29, 0.717) is 22.3 Å². The molecule has 1 N–H and O–H groups in total. The largest absolute Gasteiger partial charge is 0.457 e. The van der Waals surface area contributed by atoms with Crippen LogP contribution in [0.2, 0.25) is 5.02 Å². The minimum atomic E-state index is -0.584. The Hall–Kier alpha value is -1.51. The van der Waals surface area contributed by atoms with Crippen molar-refractivity contribution in [2.75, 3.05) is 0 Å². The van der Waals surface area contributed by atoms with Crippen LogP contribution in [0.5, 0.6) is 11.5 Å². The van der Waals surface area contributed by atoms with E-state index in [2.05, 4.69) is 26.8 Å². The highest BCUT2D eigenvalue weighted by molar-refractivity contribution is 6.31. The van der Waals surface area contributed by atoms with E-state index in [-0.39, 0.29) is 0 Å². The molecule has 0 amide bonds. The molecule has 0 saturated carbocycles. The number of halogens is 1. The van der Waals surface area contributed by atoms with E-state index < -0.39 is 6.10 Å². The molecule has 0 saturated heterocycles. The summed E-state index contributed by atoms with van der Waals surface area (Å²) in [5.74, 6) is 1.96. The van der Waals surface area contributed by atoms with Gasteiger partial charge in [-0.05, 0) is 60.7 Å². The van der Waals surface area contributed by atoms with E-state index in [1.165, 1.54) is 11.1 Å². The van der Waals surface area contributed by atoms with Gasteiger partial charge in [0.25, 0.3) is 0 Å². The normalized spacial score (nSPS) is 12.5. The Labute approximate surface area is 131 Å². The number of ether oxygens (including phenoxy) is 1. The van der Waals surface area contributed by atoms with Crippen LogP contribution in [0.3, 0.4) is 0 Å². The van der Waals surface area contributed by atoms with Gasteiger partial charge in [-0.1, -0.05) is 37.6 Å². The van der Waals surface area contributed by atoms with Crippen LogP contribution in [0, 0.1) is 6.92 Å². The van der Waals surface area contributed by atoms with Crippen molar-refractivity contribution in [3.05, 3.63) is 58.1 Å². The highest BCUT2D eigenvalue weighted by Gasteiger charge is 2.09. The highest BCUT2D eigenvalue weighted by atomic mass is 35.5. The third-order valence-electron chi connectivity index (χ3n) is 3.52. The van der Waals surface area contributed by atoms with Crippen molar-refractivity contribution in [2.45, 2.75) is 39.7 Å². The van der Waals surface area contributed by atoms with E-state index >= 15 is 0 Å². The van der Waals surface area contributed by atoms with E-state index in [1.54, 1.807) is 19.1 Å². The zero-order chi connectivity index (χ0) is 15.6. The van der Waals surface area contributed by atoms with E-state index in [1.807, 2.05) is 18.2 Å². The Bertz CT molecular complexity index is 578. The number of aliphatic hydroxyl groups excluding tert-OH is 1. The molecule has 0 aliphatic rings. The summed E-state index contributed by atoms with van der Waals surface area (Å²) >= 11 is 6.15. The van der Waals surface area contributed by atoms with Gasteiger partial charge in [0.2, 0.25) is 0 Å². The smallest absolute Gasteiger partial charge is 0.128 e. The summed E-state index contributed by atoms with van der Waals surface area (Å²) in [5, 5.41) is 10.1. The van der Waals surface area contributed by atoms with Gasteiger partial charge in [0, 0.05) is 0 Å². The molecule has 112 valence electrons. The second-order valence-corrected chi connectivity index (χ2v) is 6.04. The van der Waals surface area contributed by atoms with Gasteiger partial charge >= 0.3 is 0 Å². The van der Waals surface area contributed by atoms with Crippen molar-refractivity contribution >= 4 is 11.6 Å². The summed E-state index contributed by atoms with van der Waals surface area (Å²) in [5.41, 5.74) is 3.24. The van der Waals surface area contributed by atoms with Crippen LogP contribution in [-0.4, -0.2) is 5.11 Å². The fourth-order valence-electron chi connectivity index (χ4n) is 2.41. The van der Waals surface area contributed by atoms with Crippen LogP contribution in [0.15, 0.2) is 36.4 Å². The van der Waals surface area contributed by atoms with Gasteiger partial charge in [-0.15, -0.1) is 0 Å². The molecule has 0 heterocycles. The molecular weight excluding hydrogens is 284 g/mol. The molecule has 1 unspecified atom stereocenters. The minimum absolute atomic E-state index is 0.499. The van der Waals surface area contributed by atoms with Crippen molar-refractivity contribution < 1.29 is 9.84 Å². The van der Waals surface area contributed by atoms with Crippen LogP contribution in [0.1, 0.15) is 49.5 Å². The zero-order valence-electron chi connectivity index (χ0n) is 12.9. The van der Waals surface area contributed by atoms with Crippen molar-refractivity contribution in [1.82, 2.24) is 0 Å². The summed E-state index contributed by atoms with van der Waals surface area (Å²) in [6, 6.07) is 11.4. The number of rotatable bonds is 4. The standard InChI is InChI=1S/C18H21ClO2/c1-11(2)16-7-5-14(9-12(16)3)21-15-6-8-17(13(4)20)18(19)10-15/h5-11,13,20H,1-4H3. The predicted octanol–water partition coefficient (Wildman–Crippen LogP) is 5.62. The maximum atomic E-state index is 9.58. The molecule has 2 aromatic rings. The molecule has 2 rings (SSSR count). The summed E-state index contributed by atoms with van der Waals surface area (Å²) in [6.45, 7) is 8.14. The van der Waals surface area contributed by atoms with E-state index in [0.717, 1.165) is 5.75 Å². The maximum Gasteiger partial charge on any atom is 0.128 e. The molecule has 21 heavy (non-hydrogen) atoms. The molecule has 0 fully saturated rings. The third kappa shape index (κ3) is 3.78. The van der Waals surface area contributed by atoms with Crippen LogP contribution >= 0.6 is 11.6 Å². The molecule has 0 radical (unpaired) electrons.